The van der Waals surface area contributed by atoms with Crippen LogP contribution in [0.2, 0.25) is 0 Å². The van der Waals surface area contributed by atoms with Gasteiger partial charge in [0, 0.05) is 0 Å². The van der Waals surface area contributed by atoms with Crippen LogP contribution < -0.4 is 8.38 Å². The Balaban J connectivity index is -0.0000000400. The average Bonchev–Trinajstić information content (AvgIpc) is 1.39. The molecule has 7 heavy (non-hydrogen) atoms. The fraction of sp³-hybridized carbons (Fsp3) is 0. The van der Waals surface area contributed by atoms with Crippen molar-refractivity contribution in [2.24, 2.45) is 0 Å². The van der Waals surface area contributed by atoms with Gasteiger partial charge in [0.1, 0.15) is 0 Å². The summed E-state index contributed by atoms with van der Waals surface area (Å²) in [5.74, 6) is 0. The van der Waals surface area contributed by atoms with E-state index in [1.807, 2.05) is 0 Å². The van der Waals surface area contributed by atoms with Crippen molar-refractivity contribution in [2.45, 2.75) is 0 Å². The number of hydrogen-bond donors (Lipinski definition) is 0. The van der Waals surface area contributed by atoms with E-state index in [0.717, 1.165) is 0 Å². The van der Waals surface area contributed by atoms with E-state index >= 15 is 0 Å². The van der Waals surface area contributed by atoms with Crippen molar-refractivity contribution in [3.63, 3.8) is 0 Å². The zero-order chi connectivity index (χ0) is 5.41. The molecule has 0 spiro atoms. The summed E-state index contributed by atoms with van der Waals surface area (Å²) >= 11 is -3.62. The van der Waals surface area contributed by atoms with E-state index < -0.39 is 30.4 Å². The largest absolute Gasteiger partial charge is 2.00 e. The van der Waals surface area contributed by atoms with E-state index in [1.54, 1.807) is 0 Å². The Labute approximate surface area is 63.2 Å². The first-order valence-corrected chi connectivity index (χ1v) is 3.79. The minimum atomic E-state index is -1.81. The van der Waals surface area contributed by atoms with Crippen molar-refractivity contribution in [1.29, 1.82) is 0 Å². The molecule has 0 aromatic carbocycles. The Kier molecular flexibility index (Phi) is 62.0. The molecule has 0 amide bonds. The van der Waals surface area contributed by atoms with Gasteiger partial charge in [0.15, 0.2) is 0 Å². The van der Waals surface area contributed by atoms with Gasteiger partial charge in [0.05, 0.1) is 0 Å². The first kappa shape index (κ1) is 15.7. The fourth-order valence-electron chi connectivity index (χ4n) is 0. The summed E-state index contributed by atoms with van der Waals surface area (Å²) < 4.78 is 33.9. The van der Waals surface area contributed by atoms with E-state index in [2.05, 4.69) is 0 Å². The Morgan fingerprint density at radius 3 is 1.00 bits per heavy atom. The van der Waals surface area contributed by atoms with E-state index in [0.29, 0.717) is 0 Å². The Hall–Kier alpha value is 1.07. The molecule has 0 unspecified atom stereocenters. The topological polar surface area (TPSA) is 80.3 Å². The van der Waals surface area contributed by atoms with E-state index in [1.165, 1.54) is 0 Å². The first-order chi connectivity index (χ1) is 2.83. The molecule has 0 rings (SSSR count). The van der Waals surface area contributed by atoms with Crippen LogP contribution in [-0.4, -0.2) is 30.4 Å². The van der Waals surface area contributed by atoms with Crippen molar-refractivity contribution in [3.8, 4) is 0 Å². The van der Waals surface area contributed by atoms with Crippen LogP contribution in [0.5, 0.6) is 0 Å². The predicted octanol–water partition coefficient (Wildman–Crippen LogP) is -3.92. The monoisotopic (exact) mass is 285 g/mol. The molecule has 0 bridgehead atoms. The van der Waals surface area contributed by atoms with Crippen molar-refractivity contribution < 1.29 is 32.8 Å². The molecule has 7 heteroatoms. The zero-order valence-electron chi connectivity index (χ0n) is 2.86. The number of hydrogen-bond acceptors (Lipinski definition) is 4. The summed E-state index contributed by atoms with van der Waals surface area (Å²) in [5, 5.41) is 0. The van der Waals surface area contributed by atoms with E-state index in [4.69, 9.17) is 16.0 Å². The normalized spacial score (nSPS) is 4.86. The predicted molar refractivity (Wildman–Crippen MR) is 15.7 cm³/mol. The van der Waals surface area contributed by atoms with Gasteiger partial charge in [-0.15, -0.1) is 0 Å². The van der Waals surface area contributed by atoms with Crippen LogP contribution in [0.4, 0.5) is 0 Å². The molecule has 0 atom stereocenters. The van der Waals surface area contributed by atoms with Crippen LogP contribution in [-0.2, 0) is 24.4 Å². The van der Waals surface area contributed by atoms with Crippen LogP contribution in [0.25, 0.3) is 0 Å². The number of rotatable bonds is 0. The molecule has 0 aliphatic carbocycles. The minimum absolute atomic E-state index is 0. The smallest absolute Gasteiger partial charge is 2.00 e. The molecular weight excluding hydrogens is 281 g/mol. The van der Waals surface area contributed by atoms with Gasteiger partial charge < -0.3 is 0 Å². The third kappa shape index (κ3) is 160. The molecule has 1 radical (unpaired) electrons. The Morgan fingerprint density at radius 1 is 1.00 bits per heavy atom. The molecule has 0 N–H and O–H groups in total. The van der Waals surface area contributed by atoms with Crippen LogP contribution in [0.15, 0.2) is 0 Å². The van der Waals surface area contributed by atoms with Gasteiger partial charge in [-0.3, -0.25) is 0 Å². The second kappa shape index (κ2) is 27.7. The van der Waals surface area contributed by atoms with Crippen LogP contribution >= 0.6 is 0 Å². The van der Waals surface area contributed by atoms with Gasteiger partial charge in [0.25, 0.3) is 0 Å². The van der Waals surface area contributed by atoms with Gasteiger partial charge in [0.2, 0.25) is 0 Å². The van der Waals surface area contributed by atoms with E-state index in [-0.39, 0.29) is 16.8 Å². The maximum Gasteiger partial charge on any atom is 2.00 e. The van der Waals surface area contributed by atoms with Gasteiger partial charge in [-0.25, -0.2) is 0 Å². The summed E-state index contributed by atoms with van der Waals surface area (Å²) in [7, 11) is 0. The van der Waals surface area contributed by atoms with Crippen molar-refractivity contribution in [1.82, 2.24) is 0 Å². The molecule has 0 aromatic rings. The Bertz CT molecular complexity index is 30.7. The zero-order valence-corrected chi connectivity index (χ0v) is 7.65. The van der Waals surface area contributed by atoms with Gasteiger partial charge >= 0.3 is 63.3 Å². The molecule has 0 saturated heterocycles. The summed E-state index contributed by atoms with van der Waals surface area (Å²) in [4.78, 5) is 0. The van der Waals surface area contributed by atoms with E-state index in [9.17, 15) is 0 Å². The average molecular weight is 283 g/mol. The summed E-state index contributed by atoms with van der Waals surface area (Å²) in [6, 6.07) is 0. The quantitative estimate of drug-likeness (QED) is 0.425. The second-order valence-corrected chi connectivity index (χ2v) is 0.775. The van der Waals surface area contributed by atoms with Crippen LogP contribution in [0, 0.1) is 0 Å². The molecule has 0 saturated carbocycles. The first-order valence-electron chi connectivity index (χ1n) is 0.730. The molecule has 0 aromatic heterocycles. The molecule has 4 nitrogen and oxygen atoms in total. The molecule has 0 fully saturated rings. The van der Waals surface area contributed by atoms with Gasteiger partial charge in [-0.2, -0.15) is 0 Å². The maximum absolute atomic E-state index is 8.47. The molecule has 0 aliphatic heterocycles. The maximum atomic E-state index is 8.47. The van der Waals surface area contributed by atoms with Crippen LogP contribution in [0.1, 0.15) is 0 Å². The third-order valence-corrected chi connectivity index (χ3v) is 0. The van der Waals surface area contributed by atoms with Gasteiger partial charge in [-0.05, 0) is 0 Å². The standard InChI is InChI=1S/Co.2H2O2Se/c;2*1-3-2/h;2*3H,(H,1,2)/q+2;;/p-2. The van der Waals surface area contributed by atoms with Crippen molar-refractivity contribution in [3.05, 3.63) is 0 Å². The SMILES string of the molecule is O=[SeH][O-].O=[SeH][O-].[Co+2]. The molecule has 0 heterocycles. The summed E-state index contributed by atoms with van der Waals surface area (Å²) in [6.45, 7) is 0. The minimum Gasteiger partial charge on any atom is 2.00 e. The van der Waals surface area contributed by atoms with Gasteiger partial charge in [-0.1, -0.05) is 0 Å². The van der Waals surface area contributed by atoms with Crippen molar-refractivity contribution >= 4 is 30.4 Å². The molecule has 47 valence electrons. The second-order valence-electron chi connectivity index (χ2n) is 0.149. The third-order valence-electron chi connectivity index (χ3n) is 0. The van der Waals surface area contributed by atoms with Crippen molar-refractivity contribution in [2.75, 3.05) is 0 Å². The Morgan fingerprint density at radius 2 is 1.00 bits per heavy atom. The summed E-state index contributed by atoms with van der Waals surface area (Å²) in [6.07, 6.45) is 0. The fourth-order valence-corrected chi connectivity index (χ4v) is 0. The molecular formula is H2CoO4Se2. The summed E-state index contributed by atoms with van der Waals surface area (Å²) in [5.41, 5.74) is 0. The molecule has 0 aliphatic rings. The van der Waals surface area contributed by atoms with Crippen LogP contribution in [0.3, 0.4) is 0 Å².